The fraction of sp³-hybridized carbons (Fsp3) is 0.500. The standard InChI is InChI=1S/C18H21NO2/c1-19-10-13(17-14(19)8-5-9-15(17)21-2)18(20)16-11-6-3-4-7-12(11)16/h5,8-12,16H,3-4,6-7H2,1-2H3. The van der Waals surface area contributed by atoms with Gasteiger partial charge in [0.05, 0.1) is 18.0 Å². The molecular weight excluding hydrogens is 262 g/mol. The molecule has 0 N–H and O–H groups in total. The molecular formula is C18H21NO2. The van der Waals surface area contributed by atoms with E-state index in [0.29, 0.717) is 17.6 Å². The molecule has 2 aliphatic rings. The number of ether oxygens (including phenoxy) is 1. The van der Waals surface area contributed by atoms with Gasteiger partial charge in [-0.15, -0.1) is 0 Å². The first kappa shape index (κ1) is 12.9. The Morgan fingerprint density at radius 3 is 2.62 bits per heavy atom. The summed E-state index contributed by atoms with van der Waals surface area (Å²) in [7, 11) is 3.67. The highest BCUT2D eigenvalue weighted by Gasteiger charge is 2.54. The second-order valence-electron chi connectivity index (χ2n) is 6.51. The summed E-state index contributed by atoms with van der Waals surface area (Å²) in [6.45, 7) is 0. The molecule has 0 saturated heterocycles. The van der Waals surface area contributed by atoms with E-state index in [0.717, 1.165) is 22.2 Å². The van der Waals surface area contributed by atoms with E-state index in [9.17, 15) is 4.79 Å². The zero-order chi connectivity index (χ0) is 14.6. The van der Waals surface area contributed by atoms with Crippen LogP contribution in [0.5, 0.6) is 5.75 Å². The molecule has 2 atom stereocenters. The van der Waals surface area contributed by atoms with Gasteiger partial charge in [0.15, 0.2) is 5.78 Å². The molecule has 0 bridgehead atoms. The van der Waals surface area contributed by atoms with Crippen LogP contribution in [0.1, 0.15) is 36.0 Å². The number of methoxy groups -OCH3 is 1. The number of ketones is 1. The lowest BCUT2D eigenvalue weighted by Crippen LogP contribution is -2.04. The Labute approximate surface area is 124 Å². The van der Waals surface area contributed by atoms with E-state index in [2.05, 4.69) is 6.07 Å². The third kappa shape index (κ3) is 1.83. The van der Waals surface area contributed by atoms with Crippen LogP contribution in [0, 0.1) is 17.8 Å². The predicted molar refractivity (Wildman–Crippen MR) is 82.7 cm³/mol. The Bertz CT molecular complexity index is 703. The molecule has 2 unspecified atom stereocenters. The number of fused-ring (bicyclic) bond motifs is 2. The molecule has 0 aliphatic heterocycles. The summed E-state index contributed by atoms with van der Waals surface area (Å²) in [5.74, 6) is 2.71. The number of hydrogen-bond acceptors (Lipinski definition) is 2. The van der Waals surface area contributed by atoms with Crippen LogP contribution in [0.4, 0.5) is 0 Å². The largest absolute Gasteiger partial charge is 0.496 e. The quantitative estimate of drug-likeness (QED) is 0.802. The molecule has 1 heterocycles. The van der Waals surface area contributed by atoms with Crippen molar-refractivity contribution in [3.05, 3.63) is 30.0 Å². The molecule has 21 heavy (non-hydrogen) atoms. The number of hydrogen-bond donors (Lipinski definition) is 0. The van der Waals surface area contributed by atoms with E-state index in [1.807, 2.05) is 29.9 Å². The highest BCUT2D eigenvalue weighted by molar-refractivity contribution is 6.12. The monoisotopic (exact) mass is 283 g/mol. The maximum absolute atomic E-state index is 13.0. The number of aryl methyl sites for hydroxylation is 1. The molecule has 4 rings (SSSR count). The summed E-state index contributed by atoms with van der Waals surface area (Å²) in [6, 6.07) is 5.97. The van der Waals surface area contributed by atoms with Crippen LogP contribution in [-0.2, 0) is 7.05 Å². The third-order valence-electron chi connectivity index (χ3n) is 5.42. The maximum atomic E-state index is 13.0. The summed E-state index contributed by atoms with van der Waals surface area (Å²) in [5, 5.41) is 0.983. The lowest BCUT2D eigenvalue weighted by Gasteiger charge is -2.04. The van der Waals surface area contributed by atoms with Gasteiger partial charge in [-0.3, -0.25) is 4.79 Å². The fourth-order valence-electron chi connectivity index (χ4n) is 4.33. The lowest BCUT2D eigenvalue weighted by atomic mass is 10.0. The first-order valence-corrected chi connectivity index (χ1v) is 7.88. The molecule has 0 amide bonds. The van der Waals surface area contributed by atoms with Crippen molar-refractivity contribution in [2.24, 2.45) is 24.8 Å². The molecule has 1 aromatic carbocycles. The van der Waals surface area contributed by atoms with Crippen LogP contribution in [-0.4, -0.2) is 17.5 Å². The van der Waals surface area contributed by atoms with E-state index < -0.39 is 0 Å². The number of benzene rings is 1. The van der Waals surface area contributed by atoms with Gasteiger partial charge in [-0.25, -0.2) is 0 Å². The van der Waals surface area contributed by atoms with Crippen LogP contribution in [0.2, 0.25) is 0 Å². The number of carbonyl (C=O) groups excluding carboxylic acids is 1. The van der Waals surface area contributed by atoms with Crippen LogP contribution in [0.15, 0.2) is 24.4 Å². The van der Waals surface area contributed by atoms with Crippen LogP contribution < -0.4 is 4.74 Å². The highest BCUT2D eigenvalue weighted by Crippen LogP contribution is 2.57. The van der Waals surface area contributed by atoms with Gasteiger partial charge in [0.2, 0.25) is 0 Å². The lowest BCUT2D eigenvalue weighted by molar-refractivity contribution is 0.0957. The van der Waals surface area contributed by atoms with Crippen molar-refractivity contribution in [1.82, 2.24) is 4.57 Å². The van der Waals surface area contributed by atoms with Crippen LogP contribution in [0.25, 0.3) is 10.9 Å². The molecule has 2 fully saturated rings. The topological polar surface area (TPSA) is 31.2 Å². The van der Waals surface area contributed by atoms with Crippen molar-refractivity contribution < 1.29 is 9.53 Å². The molecule has 2 saturated carbocycles. The van der Waals surface area contributed by atoms with Crippen molar-refractivity contribution in [3.8, 4) is 5.75 Å². The first-order chi connectivity index (χ1) is 10.2. The number of Topliss-reactive ketones (excluding diaryl/α,β-unsaturated/α-hetero) is 1. The van der Waals surface area contributed by atoms with Gasteiger partial charge >= 0.3 is 0 Å². The predicted octanol–water partition coefficient (Wildman–Crippen LogP) is 3.81. The van der Waals surface area contributed by atoms with Gasteiger partial charge in [0.1, 0.15) is 5.75 Å². The van der Waals surface area contributed by atoms with Crippen molar-refractivity contribution in [3.63, 3.8) is 0 Å². The number of aromatic nitrogens is 1. The molecule has 0 radical (unpaired) electrons. The maximum Gasteiger partial charge on any atom is 0.168 e. The second-order valence-corrected chi connectivity index (χ2v) is 6.51. The minimum atomic E-state index is 0.267. The summed E-state index contributed by atoms with van der Waals surface area (Å²) in [6.07, 6.45) is 7.05. The highest BCUT2D eigenvalue weighted by atomic mass is 16.5. The van der Waals surface area contributed by atoms with E-state index in [1.54, 1.807) is 7.11 Å². The first-order valence-electron chi connectivity index (χ1n) is 7.88. The SMILES string of the molecule is COc1cccc2c1c(C(=O)C1C3CCCCC31)cn2C. The zero-order valence-electron chi connectivity index (χ0n) is 12.6. The fourth-order valence-corrected chi connectivity index (χ4v) is 4.33. The second kappa shape index (κ2) is 4.62. The Kier molecular flexibility index (Phi) is 2.84. The minimum Gasteiger partial charge on any atom is -0.496 e. The molecule has 2 aromatic rings. The van der Waals surface area contributed by atoms with Gasteiger partial charge in [-0.2, -0.15) is 0 Å². The molecule has 3 heteroatoms. The van der Waals surface area contributed by atoms with E-state index >= 15 is 0 Å². The van der Waals surface area contributed by atoms with E-state index in [-0.39, 0.29) is 5.92 Å². The van der Waals surface area contributed by atoms with Crippen LogP contribution in [0.3, 0.4) is 0 Å². The summed E-state index contributed by atoms with van der Waals surface area (Å²) >= 11 is 0. The van der Waals surface area contributed by atoms with Crippen LogP contribution >= 0.6 is 0 Å². The summed E-state index contributed by atoms with van der Waals surface area (Å²) in [5.41, 5.74) is 1.92. The summed E-state index contributed by atoms with van der Waals surface area (Å²) in [4.78, 5) is 13.0. The number of nitrogens with zero attached hydrogens (tertiary/aromatic N) is 1. The Hall–Kier alpha value is -1.77. The molecule has 1 aromatic heterocycles. The molecule has 0 spiro atoms. The minimum absolute atomic E-state index is 0.267. The molecule has 2 aliphatic carbocycles. The van der Waals surface area contributed by atoms with Gasteiger partial charge in [0, 0.05) is 24.7 Å². The van der Waals surface area contributed by atoms with Crippen molar-refractivity contribution >= 4 is 16.7 Å². The zero-order valence-corrected chi connectivity index (χ0v) is 12.6. The number of rotatable bonds is 3. The van der Waals surface area contributed by atoms with E-state index in [4.69, 9.17) is 4.74 Å². The average molecular weight is 283 g/mol. The van der Waals surface area contributed by atoms with Gasteiger partial charge in [-0.1, -0.05) is 18.9 Å². The number of carbonyl (C=O) groups is 1. The average Bonchev–Trinajstić information content (AvgIpc) is 3.15. The van der Waals surface area contributed by atoms with E-state index in [1.165, 1.54) is 25.7 Å². The Morgan fingerprint density at radius 1 is 1.24 bits per heavy atom. The smallest absolute Gasteiger partial charge is 0.168 e. The Balaban J connectivity index is 1.78. The van der Waals surface area contributed by atoms with Gasteiger partial charge < -0.3 is 9.30 Å². The molecule has 110 valence electrons. The van der Waals surface area contributed by atoms with Crippen molar-refractivity contribution in [2.75, 3.05) is 7.11 Å². The van der Waals surface area contributed by atoms with Gasteiger partial charge in [-0.05, 0) is 36.8 Å². The Morgan fingerprint density at radius 2 is 1.95 bits per heavy atom. The summed E-state index contributed by atoms with van der Waals surface area (Å²) < 4.78 is 7.52. The normalized spacial score (nSPS) is 27.4. The van der Waals surface area contributed by atoms with Crippen molar-refractivity contribution in [2.45, 2.75) is 25.7 Å². The van der Waals surface area contributed by atoms with Crippen molar-refractivity contribution in [1.29, 1.82) is 0 Å². The third-order valence-corrected chi connectivity index (χ3v) is 5.42. The molecule has 3 nitrogen and oxygen atoms in total. The van der Waals surface area contributed by atoms with Gasteiger partial charge in [0.25, 0.3) is 0 Å².